The van der Waals surface area contributed by atoms with Crippen molar-refractivity contribution in [3.05, 3.63) is 29.8 Å². The van der Waals surface area contributed by atoms with Crippen LogP contribution in [0.3, 0.4) is 0 Å². The molecule has 1 aromatic rings. The summed E-state index contributed by atoms with van der Waals surface area (Å²) in [5, 5.41) is 0. The van der Waals surface area contributed by atoms with Gasteiger partial charge in [0.15, 0.2) is 0 Å². The minimum atomic E-state index is -4.69. The van der Waals surface area contributed by atoms with Crippen molar-refractivity contribution in [1.82, 2.24) is 0 Å². The maximum absolute atomic E-state index is 12.0. The van der Waals surface area contributed by atoms with Crippen LogP contribution in [-0.2, 0) is 0 Å². The van der Waals surface area contributed by atoms with Crippen LogP contribution in [0.1, 0.15) is 18.9 Å². The van der Waals surface area contributed by atoms with Gasteiger partial charge in [0.25, 0.3) is 0 Å². The van der Waals surface area contributed by atoms with Gasteiger partial charge >= 0.3 is 6.36 Å². The van der Waals surface area contributed by atoms with Gasteiger partial charge in [-0.25, -0.2) is 0 Å². The summed E-state index contributed by atoms with van der Waals surface area (Å²) in [5.74, 6) is 5.15. The molecule has 0 saturated heterocycles. The van der Waals surface area contributed by atoms with Gasteiger partial charge in [-0.05, 0) is 24.6 Å². The zero-order chi connectivity index (χ0) is 12.9. The summed E-state index contributed by atoms with van der Waals surface area (Å²) < 4.78 is 39.7. The molecule has 17 heavy (non-hydrogen) atoms. The van der Waals surface area contributed by atoms with E-state index in [2.05, 4.69) is 16.6 Å². The van der Waals surface area contributed by atoms with Crippen LogP contribution in [0.2, 0.25) is 0 Å². The van der Waals surface area contributed by atoms with Crippen LogP contribution >= 0.6 is 0 Å². The Balaban J connectivity index is 2.82. The highest BCUT2D eigenvalue weighted by Gasteiger charge is 2.30. The molecule has 0 aliphatic carbocycles. The molecule has 1 rings (SSSR count). The van der Waals surface area contributed by atoms with E-state index < -0.39 is 6.36 Å². The molecule has 1 atom stereocenters. The lowest BCUT2D eigenvalue weighted by Crippen LogP contribution is -2.17. The molecule has 0 aliphatic rings. The molecule has 92 valence electrons. The molecule has 0 aliphatic heterocycles. The zero-order valence-electron chi connectivity index (χ0n) is 9.21. The molecule has 2 N–H and O–H groups in total. The number of benzene rings is 1. The molecule has 1 aromatic carbocycles. The van der Waals surface area contributed by atoms with Gasteiger partial charge in [-0.3, -0.25) is 0 Å². The van der Waals surface area contributed by atoms with E-state index in [1.807, 2.05) is 6.92 Å². The molecule has 0 aromatic heterocycles. The average Bonchev–Trinajstić information content (AvgIpc) is 2.24. The van der Waals surface area contributed by atoms with Crippen LogP contribution < -0.4 is 10.5 Å². The SMILES string of the molecule is CCC(N)C#Cc1cccc(OC(F)(F)F)c1. The van der Waals surface area contributed by atoms with Gasteiger partial charge in [-0.1, -0.05) is 24.8 Å². The predicted molar refractivity (Wildman–Crippen MR) is 58.3 cm³/mol. The summed E-state index contributed by atoms with van der Waals surface area (Å²) in [6, 6.07) is 5.21. The number of alkyl halides is 3. The topological polar surface area (TPSA) is 35.2 Å². The van der Waals surface area contributed by atoms with Crippen LogP contribution in [0.4, 0.5) is 13.2 Å². The molecular formula is C12H12F3NO. The number of halogens is 3. The van der Waals surface area contributed by atoms with Gasteiger partial charge in [0.05, 0.1) is 6.04 Å². The Morgan fingerprint density at radius 2 is 2.12 bits per heavy atom. The van der Waals surface area contributed by atoms with Crippen molar-refractivity contribution < 1.29 is 17.9 Å². The predicted octanol–water partition coefficient (Wildman–Crippen LogP) is 2.67. The van der Waals surface area contributed by atoms with Gasteiger partial charge in [0.2, 0.25) is 0 Å². The Morgan fingerprint density at radius 3 is 2.71 bits per heavy atom. The van der Waals surface area contributed by atoms with Gasteiger partial charge in [0.1, 0.15) is 5.75 Å². The molecule has 5 heteroatoms. The van der Waals surface area contributed by atoms with E-state index in [9.17, 15) is 13.2 Å². The molecule has 0 fully saturated rings. The summed E-state index contributed by atoms with van der Waals surface area (Å²) in [6.45, 7) is 1.88. The van der Waals surface area contributed by atoms with Crippen molar-refractivity contribution in [2.45, 2.75) is 25.7 Å². The summed E-state index contributed by atoms with van der Waals surface area (Å²) >= 11 is 0. The first-order valence-corrected chi connectivity index (χ1v) is 5.03. The van der Waals surface area contributed by atoms with E-state index in [0.29, 0.717) is 12.0 Å². The highest BCUT2D eigenvalue weighted by molar-refractivity contribution is 5.40. The number of ether oxygens (including phenoxy) is 1. The monoisotopic (exact) mass is 243 g/mol. The molecule has 0 amide bonds. The van der Waals surface area contributed by atoms with Crippen molar-refractivity contribution in [1.29, 1.82) is 0 Å². The zero-order valence-corrected chi connectivity index (χ0v) is 9.21. The normalized spacial score (nSPS) is 12.5. The lowest BCUT2D eigenvalue weighted by Gasteiger charge is -2.08. The summed E-state index contributed by atoms with van der Waals surface area (Å²) in [5.41, 5.74) is 6.02. The highest BCUT2D eigenvalue weighted by atomic mass is 19.4. The Hall–Kier alpha value is -1.67. The maximum Gasteiger partial charge on any atom is 0.573 e. The van der Waals surface area contributed by atoms with Crippen molar-refractivity contribution in [2.24, 2.45) is 5.73 Å². The Morgan fingerprint density at radius 1 is 1.41 bits per heavy atom. The van der Waals surface area contributed by atoms with E-state index in [1.54, 1.807) is 6.07 Å². The van der Waals surface area contributed by atoms with E-state index in [0.717, 1.165) is 0 Å². The molecular weight excluding hydrogens is 231 g/mol. The highest BCUT2D eigenvalue weighted by Crippen LogP contribution is 2.22. The van der Waals surface area contributed by atoms with E-state index in [-0.39, 0.29) is 11.8 Å². The second-order valence-electron chi connectivity index (χ2n) is 3.36. The molecule has 0 bridgehead atoms. The molecule has 0 saturated carbocycles. The lowest BCUT2D eigenvalue weighted by molar-refractivity contribution is -0.274. The average molecular weight is 243 g/mol. The van der Waals surface area contributed by atoms with E-state index >= 15 is 0 Å². The Bertz CT molecular complexity index is 431. The van der Waals surface area contributed by atoms with Gasteiger partial charge in [0, 0.05) is 5.56 Å². The molecule has 0 radical (unpaired) electrons. The number of hydrogen-bond acceptors (Lipinski definition) is 2. The van der Waals surface area contributed by atoms with Crippen LogP contribution in [-0.4, -0.2) is 12.4 Å². The molecule has 0 spiro atoms. The number of nitrogens with two attached hydrogens (primary N) is 1. The first kappa shape index (κ1) is 13.4. The largest absolute Gasteiger partial charge is 0.573 e. The Kier molecular flexibility index (Phi) is 4.41. The summed E-state index contributed by atoms with van der Waals surface area (Å²) in [4.78, 5) is 0. The van der Waals surface area contributed by atoms with Crippen molar-refractivity contribution in [3.63, 3.8) is 0 Å². The van der Waals surface area contributed by atoms with Crippen LogP contribution in [0.5, 0.6) is 5.75 Å². The quantitative estimate of drug-likeness (QED) is 0.810. The Labute approximate surface area is 97.6 Å². The third-order valence-corrected chi connectivity index (χ3v) is 1.91. The molecule has 0 heterocycles. The number of hydrogen-bond donors (Lipinski definition) is 1. The first-order chi connectivity index (χ1) is 7.90. The van der Waals surface area contributed by atoms with Crippen LogP contribution in [0, 0.1) is 11.8 Å². The van der Waals surface area contributed by atoms with E-state index in [4.69, 9.17) is 5.73 Å². The van der Waals surface area contributed by atoms with Crippen molar-refractivity contribution in [2.75, 3.05) is 0 Å². The second kappa shape index (κ2) is 5.60. The van der Waals surface area contributed by atoms with Gasteiger partial charge < -0.3 is 10.5 Å². The molecule has 2 nitrogen and oxygen atoms in total. The summed E-state index contributed by atoms with van der Waals surface area (Å²) in [7, 11) is 0. The van der Waals surface area contributed by atoms with Gasteiger partial charge in [-0.2, -0.15) is 0 Å². The maximum atomic E-state index is 12.0. The van der Waals surface area contributed by atoms with Gasteiger partial charge in [-0.15, -0.1) is 13.2 Å². The fraction of sp³-hybridized carbons (Fsp3) is 0.333. The first-order valence-electron chi connectivity index (χ1n) is 5.03. The van der Waals surface area contributed by atoms with Crippen molar-refractivity contribution >= 4 is 0 Å². The fourth-order valence-corrected chi connectivity index (χ4v) is 1.05. The third kappa shape index (κ3) is 5.27. The minimum absolute atomic E-state index is 0.276. The fourth-order valence-electron chi connectivity index (χ4n) is 1.05. The minimum Gasteiger partial charge on any atom is -0.406 e. The second-order valence-corrected chi connectivity index (χ2v) is 3.36. The molecule has 1 unspecified atom stereocenters. The number of rotatable bonds is 2. The smallest absolute Gasteiger partial charge is 0.406 e. The van der Waals surface area contributed by atoms with Crippen LogP contribution in [0.15, 0.2) is 24.3 Å². The van der Waals surface area contributed by atoms with Crippen molar-refractivity contribution in [3.8, 4) is 17.6 Å². The van der Waals surface area contributed by atoms with Crippen LogP contribution in [0.25, 0.3) is 0 Å². The lowest BCUT2D eigenvalue weighted by atomic mass is 10.2. The standard InChI is InChI=1S/C12H12F3NO/c1-2-10(16)7-6-9-4-3-5-11(8-9)17-12(13,14)15/h3-5,8,10H,2,16H2,1H3. The summed E-state index contributed by atoms with van der Waals surface area (Å²) in [6.07, 6.45) is -4.00. The van der Waals surface area contributed by atoms with E-state index in [1.165, 1.54) is 18.2 Å². The third-order valence-electron chi connectivity index (χ3n) is 1.91.